The average Bonchev–Trinajstić information content (AvgIpc) is 2.81. The van der Waals surface area contributed by atoms with Gasteiger partial charge < -0.3 is 20.5 Å². The highest BCUT2D eigenvalue weighted by atomic mass is 16.5. The van der Waals surface area contributed by atoms with Crippen LogP contribution in [0.15, 0.2) is 72.8 Å². The molecule has 3 N–H and O–H groups in total. The lowest BCUT2D eigenvalue weighted by molar-refractivity contribution is -0.117. The summed E-state index contributed by atoms with van der Waals surface area (Å²) in [6.45, 7) is 3.45. The molecule has 0 atom stereocenters. The second kappa shape index (κ2) is 11.7. The number of phenolic OH excluding ortho intramolecular Hbond substituents is 1. The number of anilines is 2. The first-order valence-electron chi connectivity index (χ1n) is 10.8. The van der Waals surface area contributed by atoms with Crippen LogP contribution in [0.1, 0.15) is 29.3 Å². The Morgan fingerprint density at radius 1 is 0.939 bits per heavy atom. The molecular weight excluding hydrogens is 418 g/mol. The number of carbonyl (C=O) groups excluding carboxylic acids is 2. The van der Waals surface area contributed by atoms with E-state index in [1.165, 1.54) is 0 Å². The number of aromatic hydroxyl groups is 1. The molecule has 2 amide bonds. The molecular formula is C26H29N3O4. The lowest BCUT2D eigenvalue weighted by Gasteiger charge is -2.21. The second-order valence-electron chi connectivity index (χ2n) is 7.62. The normalized spacial score (nSPS) is 10.6. The number of nitrogens with one attached hydrogen (secondary N) is 2. The molecule has 0 aliphatic rings. The van der Waals surface area contributed by atoms with E-state index in [2.05, 4.69) is 10.6 Å². The Morgan fingerprint density at radius 3 is 2.33 bits per heavy atom. The lowest BCUT2D eigenvalue weighted by Crippen LogP contribution is -2.33. The fraction of sp³-hybridized carbons (Fsp3) is 0.231. The molecule has 0 spiro atoms. The number of para-hydroxylation sites is 3. The Morgan fingerprint density at radius 2 is 1.64 bits per heavy atom. The van der Waals surface area contributed by atoms with Gasteiger partial charge in [0.15, 0.2) is 0 Å². The number of ether oxygens (including phenoxy) is 1. The van der Waals surface area contributed by atoms with Crippen LogP contribution < -0.4 is 15.4 Å². The molecule has 172 valence electrons. The van der Waals surface area contributed by atoms with E-state index < -0.39 is 0 Å². The number of benzene rings is 3. The Kier molecular flexibility index (Phi) is 8.43. The fourth-order valence-electron chi connectivity index (χ4n) is 3.47. The van der Waals surface area contributed by atoms with Gasteiger partial charge in [0.25, 0.3) is 5.91 Å². The Bertz CT molecular complexity index is 1080. The zero-order valence-corrected chi connectivity index (χ0v) is 18.9. The van der Waals surface area contributed by atoms with Crippen LogP contribution in [0.4, 0.5) is 11.4 Å². The molecule has 0 aromatic heterocycles. The Hall–Kier alpha value is -3.84. The van der Waals surface area contributed by atoms with Crippen molar-refractivity contribution in [2.24, 2.45) is 0 Å². The van der Waals surface area contributed by atoms with Gasteiger partial charge in [-0.2, -0.15) is 0 Å². The molecule has 3 aromatic rings. The quantitative estimate of drug-likeness (QED) is 0.426. The Labute approximate surface area is 194 Å². The third kappa shape index (κ3) is 6.82. The Balaban J connectivity index is 1.58. The highest BCUT2D eigenvalue weighted by Crippen LogP contribution is 2.24. The van der Waals surface area contributed by atoms with E-state index in [0.29, 0.717) is 29.2 Å². The summed E-state index contributed by atoms with van der Waals surface area (Å²) < 4.78 is 5.26. The molecule has 0 saturated carbocycles. The van der Waals surface area contributed by atoms with E-state index in [9.17, 15) is 14.7 Å². The van der Waals surface area contributed by atoms with Crippen LogP contribution in [0, 0.1) is 0 Å². The third-order valence-electron chi connectivity index (χ3n) is 5.08. The number of hydrogen-bond acceptors (Lipinski definition) is 5. The van der Waals surface area contributed by atoms with Crippen LogP contribution in [-0.2, 0) is 11.3 Å². The molecule has 0 radical (unpaired) electrons. The molecule has 0 saturated heterocycles. The first-order chi connectivity index (χ1) is 16.0. The maximum atomic E-state index is 12.6. The van der Waals surface area contributed by atoms with Crippen molar-refractivity contribution in [1.82, 2.24) is 4.90 Å². The topological polar surface area (TPSA) is 90.9 Å². The number of rotatable bonds is 10. The maximum absolute atomic E-state index is 12.6. The predicted molar refractivity (Wildman–Crippen MR) is 130 cm³/mol. The fourth-order valence-corrected chi connectivity index (χ4v) is 3.47. The van der Waals surface area contributed by atoms with E-state index in [1.807, 2.05) is 36.1 Å². The van der Waals surface area contributed by atoms with Gasteiger partial charge in [0.05, 0.1) is 19.3 Å². The molecule has 0 aliphatic carbocycles. The SMILES string of the molecule is CCCN(CC(=O)Nc1ccc(C(=O)Nc2ccccc2OC)cc1)Cc1ccccc1O. The minimum atomic E-state index is -0.269. The molecule has 3 rings (SSSR count). The van der Waals surface area contributed by atoms with Gasteiger partial charge in [-0.05, 0) is 55.4 Å². The zero-order valence-electron chi connectivity index (χ0n) is 18.9. The molecule has 33 heavy (non-hydrogen) atoms. The summed E-state index contributed by atoms with van der Waals surface area (Å²) in [7, 11) is 1.55. The standard InChI is InChI=1S/C26H29N3O4/c1-3-16-29(17-20-8-4-6-10-23(20)30)18-25(31)27-21-14-12-19(13-15-21)26(32)28-22-9-5-7-11-24(22)33-2/h4-15,30H,3,16-18H2,1-2H3,(H,27,31)(H,28,32). The van der Waals surface area contributed by atoms with Gasteiger partial charge >= 0.3 is 0 Å². The number of hydrogen-bond donors (Lipinski definition) is 3. The van der Waals surface area contributed by atoms with Crippen LogP contribution in [-0.4, -0.2) is 42.0 Å². The summed E-state index contributed by atoms with van der Waals surface area (Å²) in [6, 6.07) is 21.0. The lowest BCUT2D eigenvalue weighted by atomic mass is 10.1. The number of phenols is 1. The van der Waals surface area contributed by atoms with E-state index >= 15 is 0 Å². The highest BCUT2D eigenvalue weighted by Gasteiger charge is 2.14. The first-order valence-corrected chi connectivity index (χ1v) is 10.8. The van der Waals surface area contributed by atoms with Crippen molar-refractivity contribution in [3.63, 3.8) is 0 Å². The van der Waals surface area contributed by atoms with Crippen molar-refractivity contribution in [1.29, 1.82) is 0 Å². The van der Waals surface area contributed by atoms with Gasteiger partial charge in [-0.3, -0.25) is 14.5 Å². The smallest absolute Gasteiger partial charge is 0.255 e. The number of amides is 2. The monoisotopic (exact) mass is 447 g/mol. The van der Waals surface area contributed by atoms with Gasteiger partial charge in [-0.25, -0.2) is 0 Å². The van der Waals surface area contributed by atoms with Crippen LogP contribution >= 0.6 is 0 Å². The van der Waals surface area contributed by atoms with Gasteiger partial charge in [0.2, 0.25) is 5.91 Å². The summed E-state index contributed by atoms with van der Waals surface area (Å²) in [4.78, 5) is 27.1. The largest absolute Gasteiger partial charge is 0.508 e. The van der Waals surface area contributed by atoms with Gasteiger partial charge in [-0.1, -0.05) is 37.3 Å². The molecule has 0 heterocycles. The van der Waals surface area contributed by atoms with Crippen LogP contribution in [0.3, 0.4) is 0 Å². The minimum absolute atomic E-state index is 0.162. The number of nitrogens with zero attached hydrogens (tertiary/aromatic N) is 1. The molecule has 0 fully saturated rings. The van der Waals surface area contributed by atoms with Crippen LogP contribution in [0.25, 0.3) is 0 Å². The van der Waals surface area contributed by atoms with Crippen molar-refractivity contribution < 1.29 is 19.4 Å². The summed E-state index contributed by atoms with van der Waals surface area (Å²) >= 11 is 0. The van der Waals surface area contributed by atoms with E-state index in [1.54, 1.807) is 55.6 Å². The second-order valence-corrected chi connectivity index (χ2v) is 7.62. The minimum Gasteiger partial charge on any atom is -0.508 e. The van der Waals surface area contributed by atoms with Crippen LogP contribution in [0.5, 0.6) is 11.5 Å². The van der Waals surface area contributed by atoms with Crippen molar-refractivity contribution >= 4 is 23.2 Å². The van der Waals surface area contributed by atoms with Gasteiger partial charge in [0.1, 0.15) is 11.5 Å². The highest BCUT2D eigenvalue weighted by molar-refractivity contribution is 6.05. The van der Waals surface area contributed by atoms with Crippen molar-refractivity contribution in [3.8, 4) is 11.5 Å². The van der Waals surface area contributed by atoms with Gasteiger partial charge in [0, 0.05) is 23.4 Å². The van der Waals surface area contributed by atoms with Gasteiger partial charge in [-0.15, -0.1) is 0 Å². The zero-order chi connectivity index (χ0) is 23.6. The predicted octanol–water partition coefficient (Wildman–Crippen LogP) is 4.50. The average molecular weight is 448 g/mol. The summed E-state index contributed by atoms with van der Waals surface area (Å²) in [5.41, 5.74) is 2.44. The summed E-state index contributed by atoms with van der Waals surface area (Å²) in [5.74, 6) is 0.371. The molecule has 0 unspecified atom stereocenters. The summed E-state index contributed by atoms with van der Waals surface area (Å²) in [6.07, 6.45) is 0.886. The third-order valence-corrected chi connectivity index (χ3v) is 5.08. The number of methoxy groups -OCH3 is 1. The van der Waals surface area contributed by atoms with E-state index in [0.717, 1.165) is 18.5 Å². The molecule has 0 aliphatic heterocycles. The van der Waals surface area contributed by atoms with E-state index in [-0.39, 0.29) is 24.1 Å². The summed E-state index contributed by atoms with van der Waals surface area (Å²) in [5, 5.41) is 15.7. The molecule has 7 nitrogen and oxygen atoms in total. The van der Waals surface area contributed by atoms with Crippen LogP contribution in [0.2, 0.25) is 0 Å². The van der Waals surface area contributed by atoms with E-state index in [4.69, 9.17) is 4.74 Å². The molecule has 0 bridgehead atoms. The molecule has 3 aromatic carbocycles. The van der Waals surface area contributed by atoms with Crippen molar-refractivity contribution in [3.05, 3.63) is 83.9 Å². The first kappa shape index (κ1) is 23.8. The van der Waals surface area contributed by atoms with Crippen molar-refractivity contribution in [2.75, 3.05) is 30.8 Å². The maximum Gasteiger partial charge on any atom is 0.255 e. The number of carbonyl (C=O) groups is 2. The van der Waals surface area contributed by atoms with Crippen molar-refractivity contribution in [2.45, 2.75) is 19.9 Å². The molecule has 7 heteroatoms.